The van der Waals surface area contributed by atoms with Crippen molar-refractivity contribution in [3.05, 3.63) is 63.2 Å². The molecule has 0 atom stereocenters. The predicted molar refractivity (Wildman–Crippen MR) is 112 cm³/mol. The average molecular weight is 461 g/mol. The molecule has 0 bridgehead atoms. The van der Waals surface area contributed by atoms with Crippen LogP contribution in [0.2, 0.25) is 0 Å². The molecule has 2 aliphatic rings. The van der Waals surface area contributed by atoms with Gasteiger partial charge < -0.3 is 4.90 Å². The van der Waals surface area contributed by atoms with Crippen molar-refractivity contribution in [1.82, 2.24) is 24.1 Å². The summed E-state index contributed by atoms with van der Waals surface area (Å²) < 4.78 is 42.8. The van der Waals surface area contributed by atoms with Gasteiger partial charge in [-0.15, -0.1) is 0 Å². The third-order valence-corrected chi connectivity index (χ3v) is 6.78. The van der Waals surface area contributed by atoms with Crippen LogP contribution in [0, 0.1) is 11.3 Å². The van der Waals surface area contributed by atoms with Crippen LogP contribution in [0.3, 0.4) is 0 Å². The highest BCUT2D eigenvalue weighted by Gasteiger charge is 2.69. The van der Waals surface area contributed by atoms with Gasteiger partial charge in [-0.25, -0.2) is 9.31 Å². The summed E-state index contributed by atoms with van der Waals surface area (Å²) in [5.74, 6) is -0.537. The van der Waals surface area contributed by atoms with Crippen molar-refractivity contribution in [1.29, 1.82) is 0 Å². The van der Waals surface area contributed by atoms with E-state index in [1.807, 2.05) is 12.1 Å². The number of nitrogens with one attached hydrogen (secondary N) is 1. The third-order valence-electron chi connectivity index (χ3n) is 6.78. The van der Waals surface area contributed by atoms with Gasteiger partial charge in [0.05, 0.1) is 17.4 Å². The Labute approximate surface area is 185 Å². The number of fused-ring (bicyclic) bond motifs is 1. The van der Waals surface area contributed by atoms with Crippen molar-refractivity contribution in [2.75, 3.05) is 13.1 Å². The van der Waals surface area contributed by atoms with Gasteiger partial charge in [0, 0.05) is 31.5 Å². The fraction of sp³-hybridized carbons (Fsp3) is 0.455. The molecule has 1 saturated heterocycles. The van der Waals surface area contributed by atoms with Crippen LogP contribution in [-0.2, 0) is 11.2 Å². The van der Waals surface area contributed by atoms with Crippen molar-refractivity contribution < 1.29 is 18.0 Å². The molecule has 3 aromatic rings. The van der Waals surface area contributed by atoms with Gasteiger partial charge in [-0.2, -0.15) is 18.3 Å². The molecule has 0 radical (unpaired) electrons. The number of aromatic nitrogens is 4. The zero-order valence-electron chi connectivity index (χ0n) is 17.6. The Bertz CT molecular complexity index is 1330. The van der Waals surface area contributed by atoms with Gasteiger partial charge in [0.1, 0.15) is 5.41 Å². The summed E-state index contributed by atoms with van der Waals surface area (Å²) in [6.07, 6.45) is 1.99. The lowest BCUT2D eigenvalue weighted by Gasteiger charge is -2.35. The molecule has 4 heterocycles. The summed E-state index contributed by atoms with van der Waals surface area (Å²) in [5.41, 5.74) is -0.979. The second-order valence-electron chi connectivity index (χ2n) is 8.89. The van der Waals surface area contributed by atoms with Crippen molar-refractivity contribution in [3.8, 4) is 5.69 Å². The molecule has 3 aromatic heterocycles. The topological polar surface area (TPSA) is 92.5 Å². The fourth-order valence-corrected chi connectivity index (χ4v) is 4.65. The number of halogens is 3. The number of carbonyl (C=O) groups is 1. The Morgan fingerprint density at radius 2 is 1.88 bits per heavy atom. The number of nitrogens with zero attached hydrogens (tertiary/aromatic N) is 4. The van der Waals surface area contributed by atoms with E-state index in [1.165, 1.54) is 27.9 Å². The SMILES string of the molecule is O=C(N1CCC(Cc2ccn3ncc(-n4ccc(=O)[nH]c4=O)c3c2)CC1)C1(C(F)(F)F)CC1. The van der Waals surface area contributed by atoms with Crippen LogP contribution in [0.15, 0.2) is 46.4 Å². The highest BCUT2D eigenvalue weighted by Crippen LogP contribution is 2.58. The second kappa shape index (κ2) is 7.60. The van der Waals surface area contributed by atoms with Crippen LogP contribution < -0.4 is 11.2 Å². The van der Waals surface area contributed by atoms with Crippen LogP contribution in [0.4, 0.5) is 13.2 Å². The zero-order valence-corrected chi connectivity index (χ0v) is 17.6. The van der Waals surface area contributed by atoms with E-state index in [4.69, 9.17) is 0 Å². The number of H-pyrrole nitrogens is 1. The number of hydrogen-bond acceptors (Lipinski definition) is 4. The van der Waals surface area contributed by atoms with Crippen LogP contribution in [0.25, 0.3) is 11.2 Å². The molecule has 33 heavy (non-hydrogen) atoms. The minimum atomic E-state index is -4.48. The smallest absolute Gasteiger partial charge is 0.342 e. The predicted octanol–water partition coefficient (Wildman–Crippen LogP) is 2.30. The minimum absolute atomic E-state index is 0.110. The van der Waals surface area contributed by atoms with E-state index in [-0.39, 0.29) is 18.8 Å². The number of aromatic amines is 1. The largest absolute Gasteiger partial charge is 0.403 e. The number of rotatable bonds is 4. The van der Waals surface area contributed by atoms with E-state index in [9.17, 15) is 27.6 Å². The minimum Gasteiger partial charge on any atom is -0.342 e. The van der Waals surface area contributed by atoms with Gasteiger partial charge in [0.2, 0.25) is 5.91 Å². The summed E-state index contributed by atoms with van der Waals surface area (Å²) in [7, 11) is 0. The molecule has 1 aliphatic heterocycles. The van der Waals surface area contributed by atoms with E-state index < -0.39 is 28.7 Å². The number of piperidine rings is 1. The number of amides is 1. The first-order valence-corrected chi connectivity index (χ1v) is 10.8. The van der Waals surface area contributed by atoms with Crippen molar-refractivity contribution in [3.63, 3.8) is 0 Å². The number of likely N-dealkylation sites (tertiary alicyclic amines) is 1. The summed E-state index contributed by atoms with van der Waals surface area (Å²) >= 11 is 0. The Balaban J connectivity index is 1.29. The number of carbonyl (C=O) groups excluding carboxylic acids is 1. The molecule has 1 aliphatic carbocycles. The Morgan fingerprint density at radius 1 is 1.15 bits per heavy atom. The summed E-state index contributed by atoms with van der Waals surface area (Å²) in [4.78, 5) is 39.6. The quantitative estimate of drug-likeness (QED) is 0.646. The lowest BCUT2D eigenvalue weighted by atomic mass is 9.89. The maximum absolute atomic E-state index is 13.3. The molecular formula is C22H22F3N5O3. The van der Waals surface area contributed by atoms with Crippen molar-refractivity contribution in [2.24, 2.45) is 11.3 Å². The number of pyridine rings is 1. The maximum atomic E-state index is 13.3. The third kappa shape index (κ3) is 3.75. The fourth-order valence-electron chi connectivity index (χ4n) is 4.65. The molecule has 11 heteroatoms. The van der Waals surface area contributed by atoms with Crippen LogP contribution in [-0.4, -0.2) is 49.2 Å². The van der Waals surface area contributed by atoms with E-state index in [0.29, 0.717) is 43.6 Å². The first kappa shape index (κ1) is 21.5. The number of alkyl halides is 3. The highest BCUT2D eigenvalue weighted by molar-refractivity contribution is 5.86. The normalized spacial score (nSPS) is 18.6. The Hall–Kier alpha value is -3.37. The van der Waals surface area contributed by atoms with E-state index in [2.05, 4.69) is 10.1 Å². The lowest BCUT2D eigenvalue weighted by Crippen LogP contribution is -2.47. The molecule has 5 rings (SSSR count). The molecular weight excluding hydrogens is 439 g/mol. The molecule has 1 saturated carbocycles. The number of hydrogen-bond donors (Lipinski definition) is 1. The first-order chi connectivity index (χ1) is 15.7. The molecule has 0 spiro atoms. The molecule has 2 fully saturated rings. The Kier molecular flexibility index (Phi) is 4.95. The lowest BCUT2D eigenvalue weighted by molar-refractivity contribution is -0.199. The van der Waals surface area contributed by atoms with Gasteiger partial charge in [0.25, 0.3) is 5.56 Å². The molecule has 8 nitrogen and oxygen atoms in total. The van der Waals surface area contributed by atoms with Crippen LogP contribution >= 0.6 is 0 Å². The summed E-state index contributed by atoms with van der Waals surface area (Å²) in [6.45, 7) is 0.655. The Morgan fingerprint density at radius 3 is 2.52 bits per heavy atom. The van der Waals surface area contributed by atoms with Gasteiger partial charge in [-0.05, 0) is 55.7 Å². The molecule has 174 valence electrons. The monoisotopic (exact) mass is 461 g/mol. The van der Waals surface area contributed by atoms with Gasteiger partial charge >= 0.3 is 11.9 Å². The van der Waals surface area contributed by atoms with Gasteiger partial charge in [0.15, 0.2) is 0 Å². The van der Waals surface area contributed by atoms with Crippen molar-refractivity contribution in [2.45, 2.75) is 38.3 Å². The van der Waals surface area contributed by atoms with Gasteiger partial charge in [-0.1, -0.05) is 0 Å². The van der Waals surface area contributed by atoms with E-state index >= 15 is 0 Å². The van der Waals surface area contributed by atoms with Crippen molar-refractivity contribution >= 4 is 11.4 Å². The van der Waals surface area contributed by atoms with Gasteiger partial charge in [-0.3, -0.25) is 19.1 Å². The summed E-state index contributed by atoms with van der Waals surface area (Å²) in [6, 6.07) is 5.09. The zero-order chi connectivity index (χ0) is 23.4. The van der Waals surface area contributed by atoms with Crippen LogP contribution in [0.5, 0.6) is 0 Å². The van der Waals surface area contributed by atoms with E-state index in [1.54, 1.807) is 10.7 Å². The first-order valence-electron chi connectivity index (χ1n) is 10.8. The highest BCUT2D eigenvalue weighted by atomic mass is 19.4. The summed E-state index contributed by atoms with van der Waals surface area (Å²) in [5, 5.41) is 4.25. The average Bonchev–Trinajstić information content (AvgIpc) is 3.50. The maximum Gasteiger partial charge on any atom is 0.403 e. The second-order valence-corrected chi connectivity index (χ2v) is 8.89. The standard InChI is InChI=1S/C22H22F3N5O3/c23-22(24,25)21(5-6-21)19(32)28-7-1-14(2-8-28)11-15-3-10-30-16(12-15)17(13-26-30)29-9-4-18(31)27-20(29)33/h3-4,9-10,12-14H,1-2,5-8,11H2,(H,27,31,33). The van der Waals surface area contributed by atoms with Crippen LogP contribution in [0.1, 0.15) is 31.2 Å². The molecule has 1 N–H and O–H groups in total. The molecule has 1 amide bonds. The molecule has 0 unspecified atom stereocenters. The van der Waals surface area contributed by atoms with E-state index in [0.717, 1.165) is 5.56 Å². The molecule has 0 aromatic carbocycles.